The number of aliphatic hydroxyl groups is 1. The van der Waals surface area contributed by atoms with Crippen LogP contribution in [-0.4, -0.2) is 35.2 Å². The highest BCUT2D eigenvalue weighted by Crippen LogP contribution is 2.15. The molecule has 6 heteroatoms. The van der Waals surface area contributed by atoms with Crippen LogP contribution in [0.4, 0.5) is 0 Å². The Morgan fingerprint density at radius 3 is 3.05 bits per heavy atom. The van der Waals surface area contributed by atoms with Gasteiger partial charge in [-0.05, 0) is 34.5 Å². The van der Waals surface area contributed by atoms with E-state index in [0.717, 1.165) is 15.7 Å². The zero-order chi connectivity index (χ0) is 13.8. The second-order valence-electron chi connectivity index (χ2n) is 4.89. The number of carbonyl (C=O) groups excluding carboxylic acids is 1. The molecule has 0 unspecified atom stereocenters. The number of carbonyl (C=O) groups is 1. The van der Waals surface area contributed by atoms with E-state index >= 15 is 0 Å². The molecule has 0 radical (unpaired) electrons. The summed E-state index contributed by atoms with van der Waals surface area (Å²) in [7, 11) is 0. The van der Waals surface area contributed by atoms with Crippen LogP contribution < -0.4 is 10.6 Å². The fourth-order valence-corrected chi connectivity index (χ4v) is 2.34. The van der Waals surface area contributed by atoms with Crippen LogP contribution in [0.2, 0.25) is 0 Å². The molecule has 2 atom stereocenters. The Hall–Kier alpha value is -0.980. The van der Waals surface area contributed by atoms with E-state index in [4.69, 9.17) is 0 Å². The highest BCUT2D eigenvalue weighted by molar-refractivity contribution is 9.10. The van der Waals surface area contributed by atoms with Gasteiger partial charge >= 0.3 is 0 Å². The third kappa shape index (κ3) is 3.99. The summed E-state index contributed by atoms with van der Waals surface area (Å²) in [5.74, 6) is -0.0327. The maximum Gasteiger partial charge on any atom is 0.220 e. The summed E-state index contributed by atoms with van der Waals surface area (Å²) in [6, 6.07) is 1.94. The van der Waals surface area contributed by atoms with Gasteiger partial charge in [-0.3, -0.25) is 9.78 Å². The average molecular weight is 328 g/mol. The van der Waals surface area contributed by atoms with Crippen LogP contribution in [0.1, 0.15) is 17.7 Å². The normalized spacial score (nSPS) is 22.5. The SMILES string of the molecule is Cc1cc(CNC(=O)C[C@@H]2CNC[C@H]2O)ncc1Br. The second kappa shape index (κ2) is 6.45. The van der Waals surface area contributed by atoms with Crippen molar-refractivity contribution in [1.82, 2.24) is 15.6 Å². The van der Waals surface area contributed by atoms with E-state index in [-0.39, 0.29) is 11.8 Å². The summed E-state index contributed by atoms with van der Waals surface area (Å²) >= 11 is 3.39. The van der Waals surface area contributed by atoms with Gasteiger partial charge in [-0.1, -0.05) is 0 Å². The van der Waals surface area contributed by atoms with Crippen molar-refractivity contribution in [3.63, 3.8) is 0 Å². The Morgan fingerprint density at radius 2 is 2.42 bits per heavy atom. The summed E-state index contributed by atoms with van der Waals surface area (Å²) in [5, 5.41) is 15.5. The standard InChI is InChI=1S/C13H18BrN3O2/c1-8-2-10(16-6-11(8)14)5-17-13(19)3-9-4-15-7-12(9)18/h2,6,9,12,15,18H,3-5,7H2,1H3,(H,17,19)/t9-,12-/m1/s1. The first kappa shape index (κ1) is 14.4. The number of hydrogen-bond donors (Lipinski definition) is 3. The van der Waals surface area contributed by atoms with Crippen LogP contribution in [0.5, 0.6) is 0 Å². The van der Waals surface area contributed by atoms with E-state index < -0.39 is 6.10 Å². The molecule has 0 saturated carbocycles. The van der Waals surface area contributed by atoms with Crippen molar-refractivity contribution < 1.29 is 9.90 Å². The molecule has 1 aromatic heterocycles. The summed E-state index contributed by atoms with van der Waals surface area (Å²) in [4.78, 5) is 16.0. The van der Waals surface area contributed by atoms with Gasteiger partial charge in [-0.25, -0.2) is 0 Å². The number of pyridine rings is 1. The first-order valence-electron chi connectivity index (χ1n) is 6.32. The fraction of sp³-hybridized carbons (Fsp3) is 0.538. The molecule has 0 aromatic carbocycles. The molecule has 0 bridgehead atoms. The minimum Gasteiger partial charge on any atom is -0.391 e. The van der Waals surface area contributed by atoms with Gasteiger partial charge in [0.15, 0.2) is 0 Å². The van der Waals surface area contributed by atoms with Crippen molar-refractivity contribution in [3.05, 3.63) is 28.0 Å². The van der Waals surface area contributed by atoms with Crippen molar-refractivity contribution in [3.8, 4) is 0 Å². The number of aryl methyl sites for hydroxylation is 1. The fourth-order valence-electron chi connectivity index (χ4n) is 2.12. The molecule has 1 fully saturated rings. The van der Waals surface area contributed by atoms with Gasteiger partial charge in [0.25, 0.3) is 0 Å². The molecule has 0 aliphatic carbocycles. The van der Waals surface area contributed by atoms with Crippen molar-refractivity contribution in [2.75, 3.05) is 13.1 Å². The lowest BCUT2D eigenvalue weighted by molar-refractivity contribution is -0.122. The van der Waals surface area contributed by atoms with Crippen molar-refractivity contribution in [2.24, 2.45) is 5.92 Å². The smallest absolute Gasteiger partial charge is 0.220 e. The van der Waals surface area contributed by atoms with Gasteiger partial charge in [0.1, 0.15) is 0 Å². The largest absolute Gasteiger partial charge is 0.391 e. The van der Waals surface area contributed by atoms with Crippen LogP contribution in [0.25, 0.3) is 0 Å². The van der Waals surface area contributed by atoms with E-state index in [1.54, 1.807) is 6.20 Å². The molecule has 19 heavy (non-hydrogen) atoms. The van der Waals surface area contributed by atoms with Crippen molar-refractivity contribution in [2.45, 2.75) is 26.0 Å². The Labute approximate surface area is 120 Å². The molecule has 104 valence electrons. The Kier molecular flexibility index (Phi) is 4.90. The first-order valence-corrected chi connectivity index (χ1v) is 7.12. The van der Waals surface area contributed by atoms with E-state index in [0.29, 0.717) is 26.1 Å². The minimum atomic E-state index is -0.418. The third-order valence-corrected chi connectivity index (χ3v) is 4.15. The maximum atomic E-state index is 11.8. The van der Waals surface area contributed by atoms with Gasteiger partial charge in [-0.15, -0.1) is 0 Å². The number of nitrogens with zero attached hydrogens (tertiary/aromatic N) is 1. The van der Waals surface area contributed by atoms with Gasteiger partial charge in [0.05, 0.1) is 18.3 Å². The highest BCUT2D eigenvalue weighted by atomic mass is 79.9. The maximum absolute atomic E-state index is 11.8. The topological polar surface area (TPSA) is 74.2 Å². The van der Waals surface area contributed by atoms with Crippen LogP contribution in [0.15, 0.2) is 16.7 Å². The number of amides is 1. The molecule has 1 aromatic rings. The molecule has 1 saturated heterocycles. The Balaban J connectivity index is 1.81. The van der Waals surface area contributed by atoms with Crippen molar-refractivity contribution in [1.29, 1.82) is 0 Å². The third-order valence-electron chi connectivity index (χ3n) is 3.32. The lowest BCUT2D eigenvalue weighted by Crippen LogP contribution is -2.29. The number of rotatable bonds is 4. The molecule has 3 N–H and O–H groups in total. The van der Waals surface area contributed by atoms with E-state index in [1.807, 2.05) is 13.0 Å². The van der Waals surface area contributed by atoms with Gasteiger partial charge < -0.3 is 15.7 Å². The predicted octanol–water partition coefficient (Wildman–Crippen LogP) is 0.739. The number of aliphatic hydroxyl groups excluding tert-OH is 1. The van der Waals surface area contributed by atoms with Crippen LogP contribution in [0.3, 0.4) is 0 Å². The molecule has 2 heterocycles. The number of halogens is 1. The zero-order valence-electron chi connectivity index (χ0n) is 10.8. The molecule has 2 rings (SSSR count). The summed E-state index contributed by atoms with van der Waals surface area (Å²) in [6.45, 7) is 3.68. The summed E-state index contributed by atoms with van der Waals surface area (Å²) in [5.41, 5.74) is 1.92. The van der Waals surface area contributed by atoms with Crippen LogP contribution >= 0.6 is 15.9 Å². The molecule has 1 aliphatic heterocycles. The number of aromatic nitrogens is 1. The quantitative estimate of drug-likeness (QED) is 0.762. The van der Waals surface area contributed by atoms with Gasteiger partial charge in [-0.2, -0.15) is 0 Å². The molecule has 1 amide bonds. The zero-order valence-corrected chi connectivity index (χ0v) is 12.4. The monoisotopic (exact) mass is 327 g/mol. The van der Waals surface area contributed by atoms with Gasteiger partial charge in [0, 0.05) is 36.1 Å². The predicted molar refractivity (Wildman–Crippen MR) is 75.5 cm³/mol. The molecule has 1 aliphatic rings. The number of hydrogen-bond acceptors (Lipinski definition) is 4. The first-order chi connectivity index (χ1) is 9.06. The number of β-amino-alcohol motifs (C(OH)–C–C–N with tert-alkyl or cyclic N) is 1. The molecular weight excluding hydrogens is 310 g/mol. The minimum absolute atomic E-state index is 0.0135. The van der Waals surface area contributed by atoms with E-state index in [9.17, 15) is 9.90 Å². The van der Waals surface area contributed by atoms with Crippen molar-refractivity contribution >= 4 is 21.8 Å². The molecular formula is C13H18BrN3O2. The lowest BCUT2D eigenvalue weighted by Gasteiger charge is -2.13. The highest BCUT2D eigenvalue weighted by Gasteiger charge is 2.26. The van der Waals surface area contributed by atoms with Crippen LogP contribution in [0, 0.1) is 12.8 Å². The number of nitrogens with one attached hydrogen (secondary N) is 2. The second-order valence-corrected chi connectivity index (χ2v) is 5.75. The Morgan fingerprint density at radius 1 is 1.63 bits per heavy atom. The van der Waals surface area contributed by atoms with Gasteiger partial charge in [0.2, 0.25) is 5.91 Å². The molecule has 5 nitrogen and oxygen atoms in total. The average Bonchev–Trinajstić information content (AvgIpc) is 2.77. The van der Waals surface area contributed by atoms with E-state index in [2.05, 4.69) is 31.5 Å². The Bertz CT molecular complexity index is 467. The summed E-state index contributed by atoms with van der Waals surface area (Å²) < 4.78 is 0.961. The van der Waals surface area contributed by atoms with Crippen LogP contribution in [-0.2, 0) is 11.3 Å². The lowest BCUT2D eigenvalue weighted by atomic mass is 10.0. The summed E-state index contributed by atoms with van der Waals surface area (Å²) in [6.07, 6.45) is 1.67. The van der Waals surface area contributed by atoms with E-state index in [1.165, 1.54) is 0 Å². The molecule has 0 spiro atoms.